The molecule has 0 aliphatic carbocycles. The van der Waals surface area contributed by atoms with Crippen LogP contribution in [0.2, 0.25) is 0 Å². The van der Waals surface area contributed by atoms with Crippen molar-refractivity contribution in [3.05, 3.63) is 59.7 Å². The minimum atomic E-state index is -0.567. The van der Waals surface area contributed by atoms with E-state index in [1.54, 1.807) is 18.2 Å². The van der Waals surface area contributed by atoms with Crippen LogP contribution in [0.3, 0.4) is 0 Å². The molecule has 132 valence electrons. The first-order valence-electron chi connectivity index (χ1n) is 7.72. The predicted octanol–water partition coefficient (Wildman–Crippen LogP) is 1.56. The SMILES string of the molecule is COc1cc(CNC(=O)NCc2ccccc2)ccc1OCC(N)=O. The van der Waals surface area contributed by atoms with Gasteiger partial charge in [-0.3, -0.25) is 4.79 Å². The van der Waals surface area contributed by atoms with Gasteiger partial charge in [0, 0.05) is 13.1 Å². The average molecular weight is 343 g/mol. The lowest BCUT2D eigenvalue weighted by molar-refractivity contribution is -0.119. The number of benzene rings is 2. The van der Waals surface area contributed by atoms with Gasteiger partial charge in [-0.25, -0.2) is 4.79 Å². The molecule has 0 heterocycles. The second kappa shape index (κ2) is 9.17. The maximum Gasteiger partial charge on any atom is 0.315 e. The molecule has 0 saturated carbocycles. The monoisotopic (exact) mass is 343 g/mol. The Morgan fingerprint density at radius 2 is 1.64 bits per heavy atom. The summed E-state index contributed by atoms with van der Waals surface area (Å²) in [5.74, 6) is 0.312. The van der Waals surface area contributed by atoms with Crippen LogP contribution in [0.25, 0.3) is 0 Å². The largest absolute Gasteiger partial charge is 0.493 e. The van der Waals surface area contributed by atoms with Crippen LogP contribution in [0.5, 0.6) is 11.5 Å². The van der Waals surface area contributed by atoms with Gasteiger partial charge in [-0.15, -0.1) is 0 Å². The van der Waals surface area contributed by atoms with Gasteiger partial charge in [0.2, 0.25) is 0 Å². The van der Waals surface area contributed by atoms with Crippen LogP contribution in [0, 0.1) is 0 Å². The van der Waals surface area contributed by atoms with Gasteiger partial charge >= 0.3 is 6.03 Å². The number of hydrogen-bond donors (Lipinski definition) is 3. The maximum atomic E-state index is 11.9. The van der Waals surface area contributed by atoms with Crippen molar-refractivity contribution in [3.63, 3.8) is 0 Å². The zero-order valence-corrected chi connectivity index (χ0v) is 14.0. The van der Waals surface area contributed by atoms with E-state index in [-0.39, 0.29) is 12.6 Å². The third-order valence-electron chi connectivity index (χ3n) is 3.35. The first kappa shape index (κ1) is 18.1. The number of carbonyl (C=O) groups excluding carboxylic acids is 2. The second-order valence-electron chi connectivity index (χ2n) is 5.26. The van der Waals surface area contributed by atoms with Crippen LogP contribution in [0.1, 0.15) is 11.1 Å². The lowest BCUT2D eigenvalue weighted by Crippen LogP contribution is -2.34. The Hall–Kier alpha value is -3.22. The Morgan fingerprint density at radius 3 is 2.28 bits per heavy atom. The number of primary amides is 1. The minimum absolute atomic E-state index is 0.226. The molecule has 0 spiro atoms. The molecular weight excluding hydrogens is 322 g/mol. The molecule has 0 aliphatic rings. The molecule has 2 aromatic rings. The molecule has 7 nitrogen and oxygen atoms in total. The third kappa shape index (κ3) is 6.06. The zero-order valence-electron chi connectivity index (χ0n) is 14.0. The summed E-state index contributed by atoms with van der Waals surface area (Å²) in [7, 11) is 1.50. The fraction of sp³-hybridized carbons (Fsp3) is 0.222. The lowest BCUT2D eigenvalue weighted by atomic mass is 10.2. The summed E-state index contributed by atoms with van der Waals surface area (Å²) in [5, 5.41) is 5.55. The number of ether oxygens (including phenoxy) is 2. The van der Waals surface area contributed by atoms with Crippen LogP contribution >= 0.6 is 0 Å². The summed E-state index contributed by atoms with van der Waals surface area (Å²) in [6, 6.07) is 14.5. The standard InChI is InChI=1S/C18H21N3O4/c1-24-16-9-14(7-8-15(16)25-12-17(19)22)11-21-18(23)20-10-13-5-3-2-4-6-13/h2-9H,10-12H2,1H3,(H2,19,22)(H2,20,21,23). The molecule has 0 bridgehead atoms. The first-order chi connectivity index (χ1) is 12.1. The number of carbonyl (C=O) groups is 2. The van der Waals surface area contributed by atoms with E-state index in [4.69, 9.17) is 15.2 Å². The van der Waals surface area contributed by atoms with Gasteiger partial charge in [0.05, 0.1) is 7.11 Å². The Labute approximate surface area is 146 Å². The smallest absolute Gasteiger partial charge is 0.315 e. The summed E-state index contributed by atoms with van der Waals surface area (Å²) in [4.78, 5) is 22.6. The summed E-state index contributed by atoms with van der Waals surface area (Å²) >= 11 is 0. The first-order valence-corrected chi connectivity index (χ1v) is 7.72. The van der Waals surface area contributed by atoms with E-state index < -0.39 is 5.91 Å². The summed E-state index contributed by atoms with van der Waals surface area (Å²) in [6.07, 6.45) is 0. The second-order valence-corrected chi connectivity index (χ2v) is 5.26. The van der Waals surface area contributed by atoms with Gasteiger partial charge in [0.15, 0.2) is 18.1 Å². The number of nitrogens with one attached hydrogen (secondary N) is 2. The summed E-state index contributed by atoms with van der Waals surface area (Å²) < 4.78 is 10.5. The Morgan fingerprint density at radius 1 is 0.960 bits per heavy atom. The van der Waals surface area contributed by atoms with Crippen LogP contribution in [-0.4, -0.2) is 25.7 Å². The van der Waals surface area contributed by atoms with Gasteiger partial charge in [-0.1, -0.05) is 36.4 Å². The van der Waals surface area contributed by atoms with Crippen LogP contribution in [0.15, 0.2) is 48.5 Å². The number of hydrogen-bond acceptors (Lipinski definition) is 4. The van der Waals surface area contributed by atoms with Crippen molar-refractivity contribution in [2.75, 3.05) is 13.7 Å². The van der Waals surface area contributed by atoms with Crippen molar-refractivity contribution in [1.82, 2.24) is 10.6 Å². The third-order valence-corrected chi connectivity index (χ3v) is 3.35. The number of methoxy groups -OCH3 is 1. The van der Waals surface area contributed by atoms with Crippen molar-refractivity contribution < 1.29 is 19.1 Å². The molecule has 7 heteroatoms. The number of nitrogens with two attached hydrogens (primary N) is 1. The normalized spacial score (nSPS) is 9.96. The highest BCUT2D eigenvalue weighted by atomic mass is 16.5. The average Bonchev–Trinajstić information content (AvgIpc) is 2.64. The van der Waals surface area contributed by atoms with Gasteiger partial charge < -0.3 is 25.8 Å². The molecule has 2 rings (SSSR count). The Balaban J connectivity index is 1.85. The molecule has 0 aromatic heterocycles. The van der Waals surface area contributed by atoms with Gasteiger partial charge in [0.25, 0.3) is 5.91 Å². The van der Waals surface area contributed by atoms with Crippen LogP contribution in [-0.2, 0) is 17.9 Å². The summed E-state index contributed by atoms with van der Waals surface area (Å²) in [5.41, 5.74) is 6.91. The van der Waals surface area contributed by atoms with E-state index in [2.05, 4.69) is 10.6 Å². The van der Waals surface area contributed by atoms with E-state index in [9.17, 15) is 9.59 Å². The van der Waals surface area contributed by atoms with E-state index >= 15 is 0 Å². The van der Waals surface area contributed by atoms with Gasteiger partial charge in [0.1, 0.15) is 0 Å². The Bertz CT molecular complexity index is 720. The molecule has 0 aliphatic heterocycles. The number of rotatable bonds is 8. The van der Waals surface area contributed by atoms with Gasteiger partial charge in [-0.2, -0.15) is 0 Å². The highest BCUT2D eigenvalue weighted by Crippen LogP contribution is 2.27. The molecule has 0 unspecified atom stereocenters. The maximum absolute atomic E-state index is 11.9. The fourth-order valence-electron chi connectivity index (χ4n) is 2.11. The molecule has 4 N–H and O–H groups in total. The highest BCUT2D eigenvalue weighted by molar-refractivity contribution is 5.75. The molecule has 0 fully saturated rings. The molecular formula is C18H21N3O4. The lowest BCUT2D eigenvalue weighted by Gasteiger charge is -2.12. The van der Waals surface area contributed by atoms with Crippen molar-refractivity contribution in [2.45, 2.75) is 13.1 Å². The number of amides is 3. The summed E-state index contributed by atoms with van der Waals surface area (Å²) in [6.45, 7) is 0.554. The fourth-order valence-corrected chi connectivity index (χ4v) is 2.11. The van der Waals surface area contributed by atoms with Gasteiger partial charge in [-0.05, 0) is 23.3 Å². The molecule has 0 atom stereocenters. The number of urea groups is 1. The molecule has 3 amide bonds. The molecule has 0 saturated heterocycles. The van der Waals surface area contributed by atoms with Crippen LogP contribution < -0.4 is 25.8 Å². The Kier molecular flexibility index (Phi) is 6.65. The van der Waals surface area contributed by atoms with E-state index in [1.165, 1.54) is 7.11 Å². The zero-order chi connectivity index (χ0) is 18.1. The molecule has 25 heavy (non-hydrogen) atoms. The van der Waals surface area contributed by atoms with E-state index in [0.717, 1.165) is 11.1 Å². The predicted molar refractivity (Wildman–Crippen MR) is 93.2 cm³/mol. The van der Waals surface area contributed by atoms with E-state index in [1.807, 2.05) is 30.3 Å². The quantitative estimate of drug-likeness (QED) is 0.677. The minimum Gasteiger partial charge on any atom is -0.493 e. The van der Waals surface area contributed by atoms with Crippen molar-refractivity contribution in [3.8, 4) is 11.5 Å². The van der Waals surface area contributed by atoms with Crippen molar-refractivity contribution in [2.24, 2.45) is 5.73 Å². The topological polar surface area (TPSA) is 103 Å². The highest BCUT2D eigenvalue weighted by Gasteiger charge is 2.08. The molecule has 0 radical (unpaired) electrons. The van der Waals surface area contributed by atoms with Crippen LogP contribution in [0.4, 0.5) is 4.79 Å². The molecule has 2 aromatic carbocycles. The van der Waals surface area contributed by atoms with E-state index in [0.29, 0.717) is 24.6 Å². The van der Waals surface area contributed by atoms with Crippen molar-refractivity contribution in [1.29, 1.82) is 0 Å². The van der Waals surface area contributed by atoms with Crippen molar-refractivity contribution >= 4 is 11.9 Å².